The number of aryl methyl sites for hydroxylation is 1. The van der Waals surface area contributed by atoms with Crippen molar-refractivity contribution in [1.29, 1.82) is 0 Å². The van der Waals surface area contributed by atoms with Crippen LogP contribution in [0.5, 0.6) is 0 Å². The second kappa shape index (κ2) is 8.69. The number of rotatable bonds is 3. The molecule has 20 heavy (non-hydrogen) atoms. The van der Waals surface area contributed by atoms with E-state index in [0.717, 1.165) is 25.0 Å². The summed E-state index contributed by atoms with van der Waals surface area (Å²) in [4.78, 5) is 11.7. The molecular formula is C16H24FNO2. The molecule has 1 N–H and O–H groups in total. The largest absolute Gasteiger partial charge is 0.378 e. The molecule has 3 nitrogen and oxygen atoms in total. The zero-order valence-electron chi connectivity index (χ0n) is 12.5. The van der Waals surface area contributed by atoms with Gasteiger partial charge in [-0.2, -0.15) is 0 Å². The molecule has 1 fully saturated rings. The quantitative estimate of drug-likeness (QED) is 0.907. The monoisotopic (exact) mass is 281 g/mol. The molecule has 0 saturated carbocycles. The molecule has 1 aromatic rings. The fraction of sp³-hybridized carbons (Fsp3) is 0.562. The minimum atomic E-state index is -0.336. The van der Waals surface area contributed by atoms with Gasteiger partial charge in [-0.1, -0.05) is 20.3 Å². The lowest BCUT2D eigenvalue weighted by molar-refractivity contribution is -0.118. The normalized spacial score (nSPS) is 17.3. The van der Waals surface area contributed by atoms with Crippen molar-refractivity contribution in [3.05, 3.63) is 29.6 Å². The van der Waals surface area contributed by atoms with Crippen LogP contribution >= 0.6 is 0 Å². The first-order chi connectivity index (χ1) is 9.55. The highest BCUT2D eigenvalue weighted by molar-refractivity contribution is 5.91. The van der Waals surface area contributed by atoms with Crippen molar-refractivity contribution in [2.45, 2.75) is 52.6 Å². The van der Waals surface area contributed by atoms with E-state index < -0.39 is 0 Å². The first-order valence-corrected chi connectivity index (χ1v) is 7.23. The van der Waals surface area contributed by atoms with Crippen molar-refractivity contribution in [1.82, 2.24) is 0 Å². The molecule has 1 aliphatic rings. The molecule has 1 unspecified atom stereocenters. The van der Waals surface area contributed by atoms with Gasteiger partial charge in [-0.15, -0.1) is 0 Å². The maximum atomic E-state index is 13.1. The van der Waals surface area contributed by atoms with Crippen molar-refractivity contribution < 1.29 is 13.9 Å². The Morgan fingerprint density at radius 3 is 2.65 bits per heavy atom. The van der Waals surface area contributed by atoms with Crippen LogP contribution in [0.2, 0.25) is 0 Å². The van der Waals surface area contributed by atoms with Gasteiger partial charge in [-0.05, 0) is 43.5 Å². The lowest BCUT2D eigenvalue weighted by Gasteiger charge is -2.10. The van der Waals surface area contributed by atoms with Crippen molar-refractivity contribution in [2.75, 3.05) is 11.9 Å². The molecule has 2 rings (SSSR count). The van der Waals surface area contributed by atoms with Gasteiger partial charge < -0.3 is 10.1 Å². The van der Waals surface area contributed by atoms with Crippen LogP contribution < -0.4 is 5.32 Å². The maximum absolute atomic E-state index is 13.1. The predicted molar refractivity (Wildman–Crippen MR) is 79.3 cm³/mol. The fourth-order valence-corrected chi connectivity index (χ4v) is 2.03. The molecule has 1 aromatic carbocycles. The van der Waals surface area contributed by atoms with Crippen molar-refractivity contribution in [2.24, 2.45) is 0 Å². The van der Waals surface area contributed by atoms with E-state index in [0.29, 0.717) is 12.1 Å². The fourth-order valence-electron chi connectivity index (χ4n) is 2.03. The molecule has 1 aliphatic heterocycles. The zero-order chi connectivity index (χ0) is 15.0. The third-order valence-electron chi connectivity index (χ3n) is 2.76. The van der Waals surface area contributed by atoms with Crippen LogP contribution in [0.1, 0.15) is 45.1 Å². The molecule has 1 saturated heterocycles. The van der Waals surface area contributed by atoms with Crippen LogP contribution in [0.4, 0.5) is 10.1 Å². The summed E-state index contributed by atoms with van der Waals surface area (Å²) in [6, 6.07) is 4.49. The highest BCUT2D eigenvalue weighted by atomic mass is 19.1. The van der Waals surface area contributed by atoms with Crippen LogP contribution in [0, 0.1) is 12.7 Å². The molecule has 1 amide bonds. The molecule has 0 bridgehead atoms. The van der Waals surface area contributed by atoms with Gasteiger partial charge >= 0.3 is 0 Å². The summed E-state index contributed by atoms with van der Waals surface area (Å²) in [5.41, 5.74) is 1.29. The highest BCUT2D eigenvalue weighted by Crippen LogP contribution is 2.17. The van der Waals surface area contributed by atoms with Gasteiger partial charge in [-0.25, -0.2) is 4.39 Å². The van der Waals surface area contributed by atoms with Gasteiger partial charge in [0.15, 0.2) is 0 Å². The first kappa shape index (κ1) is 16.6. The Morgan fingerprint density at radius 1 is 1.40 bits per heavy atom. The standard InChI is InChI=1S/C13H16FNO2.C3H8/c1-9-5-10(14)7-11(6-9)15-13(16)8-12-3-2-4-17-12;1-3-2/h5-7,12H,2-4,8H2,1H3,(H,15,16);3H2,1-2H3. The van der Waals surface area contributed by atoms with Crippen LogP contribution in [0.3, 0.4) is 0 Å². The van der Waals surface area contributed by atoms with Crippen LogP contribution in [-0.4, -0.2) is 18.6 Å². The molecule has 1 heterocycles. The molecule has 0 aliphatic carbocycles. The van der Waals surface area contributed by atoms with Crippen molar-refractivity contribution >= 4 is 11.6 Å². The molecule has 0 aromatic heterocycles. The van der Waals surface area contributed by atoms with E-state index in [-0.39, 0.29) is 17.8 Å². The van der Waals surface area contributed by atoms with Crippen LogP contribution in [0.25, 0.3) is 0 Å². The van der Waals surface area contributed by atoms with E-state index in [1.165, 1.54) is 18.6 Å². The summed E-state index contributed by atoms with van der Waals surface area (Å²) in [7, 11) is 0. The number of anilines is 1. The summed E-state index contributed by atoms with van der Waals surface area (Å²) < 4.78 is 18.5. The van der Waals surface area contributed by atoms with E-state index in [2.05, 4.69) is 19.2 Å². The Bertz CT molecular complexity index is 408. The summed E-state index contributed by atoms with van der Waals surface area (Å²) in [5.74, 6) is -0.459. The van der Waals surface area contributed by atoms with Crippen molar-refractivity contribution in [3.63, 3.8) is 0 Å². The number of carbonyl (C=O) groups excluding carboxylic acids is 1. The minimum Gasteiger partial charge on any atom is -0.378 e. The van der Waals surface area contributed by atoms with E-state index >= 15 is 0 Å². The number of benzene rings is 1. The zero-order valence-corrected chi connectivity index (χ0v) is 12.5. The van der Waals surface area contributed by atoms with E-state index in [4.69, 9.17) is 4.74 Å². The first-order valence-electron chi connectivity index (χ1n) is 7.23. The minimum absolute atomic E-state index is 0.0182. The average molecular weight is 281 g/mol. The number of amides is 1. The number of nitrogens with one attached hydrogen (secondary N) is 1. The molecular weight excluding hydrogens is 257 g/mol. The third kappa shape index (κ3) is 6.15. The molecule has 112 valence electrons. The Kier molecular flexibility index (Phi) is 7.23. The van der Waals surface area contributed by atoms with Gasteiger partial charge in [0.2, 0.25) is 5.91 Å². The van der Waals surface area contributed by atoms with E-state index in [1.807, 2.05) is 0 Å². The van der Waals surface area contributed by atoms with Gasteiger partial charge in [-0.3, -0.25) is 4.79 Å². The van der Waals surface area contributed by atoms with Gasteiger partial charge in [0, 0.05) is 12.3 Å². The Morgan fingerprint density at radius 2 is 2.10 bits per heavy atom. The SMILES string of the molecule is CCC.Cc1cc(F)cc(NC(=O)CC2CCCO2)c1. The number of hydrogen-bond donors (Lipinski definition) is 1. The molecule has 1 atom stereocenters. The van der Waals surface area contributed by atoms with Gasteiger partial charge in [0.05, 0.1) is 12.5 Å². The number of halogens is 1. The number of hydrogen-bond acceptors (Lipinski definition) is 2. The van der Waals surface area contributed by atoms with Crippen LogP contribution in [0.15, 0.2) is 18.2 Å². The predicted octanol–water partition coefficient (Wildman–Crippen LogP) is 4.06. The van der Waals surface area contributed by atoms with Crippen molar-refractivity contribution in [3.8, 4) is 0 Å². The summed E-state index contributed by atoms with van der Waals surface area (Å²) in [6.45, 7) is 6.77. The van der Waals surface area contributed by atoms with Gasteiger partial charge in [0.25, 0.3) is 0 Å². The number of carbonyl (C=O) groups is 1. The summed E-state index contributed by atoms with van der Waals surface area (Å²) in [6.07, 6.45) is 3.55. The topological polar surface area (TPSA) is 38.3 Å². The lowest BCUT2D eigenvalue weighted by atomic mass is 10.1. The van der Waals surface area contributed by atoms with E-state index in [1.54, 1.807) is 13.0 Å². The van der Waals surface area contributed by atoms with Crippen LogP contribution in [-0.2, 0) is 9.53 Å². The Balaban J connectivity index is 0.000000612. The second-order valence-corrected chi connectivity index (χ2v) is 5.11. The highest BCUT2D eigenvalue weighted by Gasteiger charge is 2.19. The third-order valence-corrected chi connectivity index (χ3v) is 2.76. The Labute approximate surface area is 120 Å². The second-order valence-electron chi connectivity index (χ2n) is 5.11. The maximum Gasteiger partial charge on any atom is 0.226 e. The van der Waals surface area contributed by atoms with E-state index in [9.17, 15) is 9.18 Å². The smallest absolute Gasteiger partial charge is 0.226 e. The average Bonchev–Trinajstić information content (AvgIpc) is 2.80. The summed E-state index contributed by atoms with van der Waals surface area (Å²) >= 11 is 0. The number of ether oxygens (including phenoxy) is 1. The molecule has 4 heteroatoms. The van der Waals surface area contributed by atoms with Gasteiger partial charge in [0.1, 0.15) is 5.82 Å². The lowest BCUT2D eigenvalue weighted by Crippen LogP contribution is -2.19. The Hall–Kier alpha value is -1.42. The molecule has 0 spiro atoms. The molecule has 0 radical (unpaired) electrons. The summed E-state index contributed by atoms with van der Waals surface area (Å²) in [5, 5.41) is 2.69.